The van der Waals surface area contributed by atoms with Crippen LogP contribution in [0.1, 0.15) is 6.92 Å². The van der Waals surface area contributed by atoms with Gasteiger partial charge in [0.25, 0.3) is 0 Å². The summed E-state index contributed by atoms with van der Waals surface area (Å²) in [5.74, 6) is -1.17. The summed E-state index contributed by atoms with van der Waals surface area (Å²) in [6.45, 7) is 1.52. The Hall–Kier alpha value is -0.120. The van der Waals surface area contributed by atoms with Crippen molar-refractivity contribution in [3.8, 4) is 0 Å². The summed E-state index contributed by atoms with van der Waals surface area (Å²) in [6.07, 6.45) is 0. The van der Waals surface area contributed by atoms with E-state index in [1.54, 1.807) is 0 Å². The van der Waals surface area contributed by atoms with Crippen LogP contribution in [-0.4, -0.2) is 20.1 Å². The first kappa shape index (κ1) is 6.88. The molecular formula is C4H10NO2. The minimum Gasteiger partial charge on any atom is -0.340 e. The van der Waals surface area contributed by atoms with Gasteiger partial charge >= 0.3 is 0 Å². The number of hydrogen-bond donors (Lipinski definition) is 0. The fourth-order valence-electron chi connectivity index (χ4n) is 0.0833. The molecule has 0 aliphatic rings. The van der Waals surface area contributed by atoms with Gasteiger partial charge < -0.3 is 9.47 Å². The Morgan fingerprint density at radius 3 is 1.57 bits per heavy atom. The average Bonchev–Trinajstić information content (AvgIpc) is 1.68. The lowest BCUT2D eigenvalue weighted by Gasteiger charge is -2.17. The number of methoxy groups -OCH3 is 2. The highest BCUT2D eigenvalue weighted by atomic mass is 16.7. The quantitative estimate of drug-likeness (QED) is 0.471. The molecule has 0 rings (SSSR count). The number of nitrogens with one attached hydrogen (secondary N) is 1. The second kappa shape index (κ2) is 2.26. The van der Waals surface area contributed by atoms with E-state index >= 15 is 0 Å². The van der Waals surface area contributed by atoms with Crippen LogP contribution in [-0.2, 0) is 9.47 Å². The van der Waals surface area contributed by atoms with Gasteiger partial charge in [-0.2, -0.15) is 5.73 Å². The molecule has 0 bridgehead atoms. The summed E-state index contributed by atoms with van der Waals surface area (Å²) in [6, 6.07) is 0. The van der Waals surface area contributed by atoms with E-state index in [2.05, 4.69) is 9.47 Å². The second-order valence-corrected chi connectivity index (χ2v) is 1.35. The molecule has 43 valence electrons. The van der Waals surface area contributed by atoms with Crippen molar-refractivity contribution in [1.29, 1.82) is 0 Å². The molecule has 3 nitrogen and oxygen atoms in total. The van der Waals surface area contributed by atoms with Crippen LogP contribution in [0.15, 0.2) is 0 Å². The van der Waals surface area contributed by atoms with Crippen LogP contribution in [0.3, 0.4) is 0 Å². The van der Waals surface area contributed by atoms with Crippen molar-refractivity contribution in [2.24, 2.45) is 0 Å². The van der Waals surface area contributed by atoms with Crippen molar-refractivity contribution < 1.29 is 9.47 Å². The van der Waals surface area contributed by atoms with Crippen molar-refractivity contribution >= 4 is 0 Å². The lowest BCUT2D eigenvalue weighted by atomic mass is 10.6. The Labute approximate surface area is 43.4 Å². The normalized spacial score (nSPS) is 12.0. The summed E-state index contributed by atoms with van der Waals surface area (Å²) < 4.78 is 9.06. The molecule has 0 aliphatic carbocycles. The predicted molar refractivity (Wildman–Crippen MR) is 25.5 cm³/mol. The summed E-state index contributed by atoms with van der Waals surface area (Å²) in [5, 5.41) is 0. The van der Waals surface area contributed by atoms with Crippen LogP contribution in [0.25, 0.3) is 0 Å². The first-order chi connectivity index (χ1) is 3.12. The Morgan fingerprint density at radius 1 is 1.29 bits per heavy atom. The molecule has 0 heterocycles. The third kappa shape index (κ3) is 2.56. The number of ether oxygens (including phenoxy) is 2. The summed E-state index contributed by atoms with van der Waals surface area (Å²) in [7, 11) is 2.85. The molecule has 0 spiro atoms. The van der Waals surface area contributed by atoms with Gasteiger partial charge in [-0.25, -0.2) is 0 Å². The van der Waals surface area contributed by atoms with E-state index in [1.807, 2.05) is 0 Å². The highest BCUT2D eigenvalue weighted by molar-refractivity contribution is 4.42. The van der Waals surface area contributed by atoms with Crippen LogP contribution in [0.4, 0.5) is 0 Å². The SMILES string of the molecule is COC(C)([NH])OC. The zero-order valence-corrected chi connectivity index (χ0v) is 4.82. The molecule has 0 unspecified atom stereocenters. The third-order valence-electron chi connectivity index (χ3n) is 0.779. The van der Waals surface area contributed by atoms with Gasteiger partial charge in [-0.1, -0.05) is 0 Å². The first-order valence-corrected chi connectivity index (χ1v) is 1.97. The first-order valence-electron chi connectivity index (χ1n) is 1.97. The summed E-state index contributed by atoms with van der Waals surface area (Å²) in [4.78, 5) is 0. The fourth-order valence-corrected chi connectivity index (χ4v) is 0.0833. The van der Waals surface area contributed by atoms with Crippen LogP contribution in [0, 0.1) is 0 Å². The summed E-state index contributed by atoms with van der Waals surface area (Å²) >= 11 is 0. The van der Waals surface area contributed by atoms with Crippen LogP contribution < -0.4 is 5.73 Å². The monoisotopic (exact) mass is 104 g/mol. The maximum atomic E-state index is 6.98. The smallest absolute Gasteiger partial charge is 0.236 e. The molecule has 0 atom stereocenters. The molecule has 0 aromatic rings. The number of rotatable bonds is 2. The number of hydrogen-bond acceptors (Lipinski definition) is 2. The maximum Gasteiger partial charge on any atom is 0.236 e. The Balaban J connectivity index is 3.36. The lowest BCUT2D eigenvalue weighted by Crippen LogP contribution is -2.30. The average molecular weight is 104 g/mol. The van der Waals surface area contributed by atoms with Crippen LogP contribution in [0.5, 0.6) is 0 Å². The standard InChI is InChI=1S/C4H10NO2/c1-4(5,6-2)7-3/h5H,1-3H3. The van der Waals surface area contributed by atoms with Crippen molar-refractivity contribution in [2.75, 3.05) is 14.2 Å². The van der Waals surface area contributed by atoms with Crippen molar-refractivity contribution in [3.63, 3.8) is 0 Å². The Kier molecular flexibility index (Phi) is 2.22. The molecule has 0 aliphatic heterocycles. The molecule has 0 aromatic carbocycles. The lowest BCUT2D eigenvalue weighted by molar-refractivity contribution is -0.194. The third-order valence-corrected chi connectivity index (χ3v) is 0.779. The van der Waals surface area contributed by atoms with Gasteiger partial charge in [0.15, 0.2) is 0 Å². The van der Waals surface area contributed by atoms with Gasteiger partial charge in [0, 0.05) is 21.1 Å². The van der Waals surface area contributed by atoms with E-state index in [4.69, 9.17) is 5.73 Å². The van der Waals surface area contributed by atoms with Crippen LogP contribution in [0.2, 0.25) is 0 Å². The van der Waals surface area contributed by atoms with E-state index < -0.39 is 5.91 Å². The van der Waals surface area contributed by atoms with Gasteiger partial charge in [-0.05, 0) is 0 Å². The van der Waals surface area contributed by atoms with Gasteiger partial charge in [0.1, 0.15) is 0 Å². The van der Waals surface area contributed by atoms with Crippen molar-refractivity contribution in [2.45, 2.75) is 12.8 Å². The zero-order valence-electron chi connectivity index (χ0n) is 4.82. The Bertz CT molecular complexity index is 47.7. The highest BCUT2D eigenvalue weighted by Crippen LogP contribution is 1.99. The van der Waals surface area contributed by atoms with E-state index in [1.165, 1.54) is 21.1 Å². The maximum absolute atomic E-state index is 6.98. The van der Waals surface area contributed by atoms with Gasteiger partial charge in [0.2, 0.25) is 5.91 Å². The van der Waals surface area contributed by atoms with E-state index in [9.17, 15) is 0 Å². The molecule has 0 saturated heterocycles. The minimum atomic E-state index is -1.17. The molecule has 0 amide bonds. The summed E-state index contributed by atoms with van der Waals surface area (Å²) in [5.41, 5.74) is 6.98. The molecule has 7 heavy (non-hydrogen) atoms. The minimum absolute atomic E-state index is 1.17. The van der Waals surface area contributed by atoms with Gasteiger partial charge in [-0.3, -0.25) is 0 Å². The molecule has 3 heteroatoms. The molecular weight excluding hydrogens is 94.0 g/mol. The molecule has 0 fully saturated rings. The van der Waals surface area contributed by atoms with Crippen LogP contribution >= 0.6 is 0 Å². The fraction of sp³-hybridized carbons (Fsp3) is 1.00. The topological polar surface area (TPSA) is 42.3 Å². The Morgan fingerprint density at radius 2 is 1.57 bits per heavy atom. The second-order valence-electron chi connectivity index (χ2n) is 1.35. The van der Waals surface area contributed by atoms with Gasteiger partial charge in [0.05, 0.1) is 0 Å². The molecule has 0 saturated carbocycles. The van der Waals surface area contributed by atoms with Crippen molar-refractivity contribution in [3.05, 3.63) is 0 Å². The van der Waals surface area contributed by atoms with Gasteiger partial charge in [-0.15, -0.1) is 0 Å². The predicted octanol–water partition coefficient (Wildman–Crippen LogP) is 0.236. The molecule has 1 N–H and O–H groups in total. The zero-order chi connectivity index (χ0) is 5.91. The van der Waals surface area contributed by atoms with E-state index in [0.29, 0.717) is 0 Å². The molecule has 1 radical (unpaired) electrons. The van der Waals surface area contributed by atoms with E-state index in [-0.39, 0.29) is 0 Å². The largest absolute Gasteiger partial charge is 0.340 e. The highest BCUT2D eigenvalue weighted by Gasteiger charge is 2.14. The van der Waals surface area contributed by atoms with E-state index in [0.717, 1.165) is 0 Å². The van der Waals surface area contributed by atoms with Crippen molar-refractivity contribution in [1.82, 2.24) is 5.73 Å². The molecule has 0 aromatic heterocycles.